The lowest BCUT2D eigenvalue weighted by Gasteiger charge is -2.07. The second kappa shape index (κ2) is 5.99. The van der Waals surface area contributed by atoms with Gasteiger partial charge < -0.3 is 8.83 Å². The highest BCUT2D eigenvalue weighted by atomic mass is 16.3. The van der Waals surface area contributed by atoms with Crippen LogP contribution in [0.15, 0.2) is 69.5 Å². The second-order valence-corrected chi connectivity index (χ2v) is 8.49. The number of rotatable bonds is 1. The molecule has 0 spiro atoms. The average molecular weight is 390 g/mol. The van der Waals surface area contributed by atoms with E-state index in [-0.39, 0.29) is 0 Å². The van der Waals surface area contributed by atoms with E-state index in [1.807, 2.05) is 0 Å². The van der Waals surface area contributed by atoms with Crippen molar-refractivity contribution in [2.24, 2.45) is 0 Å². The lowest BCUT2D eigenvalue weighted by atomic mass is 9.96. The van der Waals surface area contributed by atoms with Crippen LogP contribution in [0.25, 0.3) is 55.0 Å². The Morgan fingerprint density at radius 3 is 2.07 bits per heavy atom. The summed E-state index contributed by atoms with van der Waals surface area (Å²) in [6, 6.07) is 21.7. The summed E-state index contributed by atoms with van der Waals surface area (Å²) in [6.07, 6.45) is 0. The van der Waals surface area contributed by atoms with Gasteiger partial charge in [0.25, 0.3) is 0 Å². The molecule has 0 unspecified atom stereocenters. The third kappa shape index (κ3) is 2.37. The highest BCUT2D eigenvalue weighted by Gasteiger charge is 2.15. The van der Waals surface area contributed by atoms with Crippen molar-refractivity contribution in [2.75, 3.05) is 0 Å². The highest BCUT2D eigenvalue weighted by Crippen LogP contribution is 2.39. The summed E-state index contributed by atoms with van der Waals surface area (Å²) in [5, 5.41) is 4.70. The topological polar surface area (TPSA) is 26.3 Å². The first-order valence-corrected chi connectivity index (χ1v) is 10.4. The Balaban J connectivity index is 1.61. The van der Waals surface area contributed by atoms with Crippen LogP contribution in [0.3, 0.4) is 0 Å². The van der Waals surface area contributed by atoms with E-state index in [4.69, 9.17) is 8.83 Å². The third-order valence-corrected chi connectivity index (χ3v) is 6.25. The van der Waals surface area contributed by atoms with E-state index in [2.05, 4.69) is 88.4 Å². The number of hydrogen-bond donors (Lipinski definition) is 0. The zero-order valence-electron chi connectivity index (χ0n) is 17.6. The first-order chi connectivity index (χ1) is 14.5. The molecular formula is C28H22O2. The zero-order valence-corrected chi connectivity index (χ0v) is 17.6. The maximum atomic E-state index is 6.26. The Morgan fingerprint density at radius 2 is 1.23 bits per heavy atom. The Bertz CT molecular complexity index is 1630. The first kappa shape index (κ1) is 17.3. The molecule has 0 amide bonds. The molecule has 2 heteroatoms. The number of furan rings is 2. The summed E-state index contributed by atoms with van der Waals surface area (Å²) in [7, 11) is 0. The van der Waals surface area contributed by atoms with Gasteiger partial charge in [-0.15, -0.1) is 0 Å². The van der Waals surface area contributed by atoms with Gasteiger partial charge in [-0.25, -0.2) is 0 Å². The molecule has 0 radical (unpaired) electrons. The summed E-state index contributed by atoms with van der Waals surface area (Å²) < 4.78 is 12.4. The van der Waals surface area contributed by atoms with E-state index in [0.717, 1.165) is 27.7 Å². The molecule has 0 saturated carbocycles. The summed E-state index contributed by atoms with van der Waals surface area (Å²) >= 11 is 0. The Hall–Kier alpha value is -3.52. The maximum Gasteiger partial charge on any atom is 0.138 e. The van der Waals surface area contributed by atoms with E-state index < -0.39 is 0 Å². The molecule has 2 heterocycles. The van der Waals surface area contributed by atoms with Crippen molar-refractivity contribution >= 4 is 43.9 Å². The summed E-state index contributed by atoms with van der Waals surface area (Å²) in [4.78, 5) is 0. The molecule has 146 valence electrons. The van der Waals surface area contributed by atoms with Gasteiger partial charge in [-0.2, -0.15) is 0 Å². The second-order valence-electron chi connectivity index (χ2n) is 8.49. The number of fused-ring (bicyclic) bond motifs is 6. The van der Waals surface area contributed by atoms with Crippen molar-refractivity contribution in [1.82, 2.24) is 0 Å². The first-order valence-electron chi connectivity index (χ1n) is 10.4. The van der Waals surface area contributed by atoms with Crippen molar-refractivity contribution in [3.05, 3.63) is 82.9 Å². The standard InChI is InChI=1S/C28H22O2/c1-15-5-9-25-22(12-15)21-8-7-20(18(4)28(21)30-25)19-6-10-26-23(14-19)24-13-16(2)11-17(3)27(24)29-26/h5-14H,1-4H3. The van der Waals surface area contributed by atoms with Crippen molar-refractivity contribution in [1.29, 1.82) is 0 Å². The minimum atomic E-state index is 0.931. The Kier molecular flexibility index (Phi) is 3.47. The summed E-state index contributed by atoms with van der Waals surface area (Å²) in [6.45, 7) is 8.52. The molecular weight excluding hydrogens is 368 g/mol. The molecule has 0 atom stereocenters. The largest absolute Gasteiger partial charge is 0.456 e. The fraction of sp³-hybridized carbons (Fsp3) is 0.143. The van der Waals surface area contributed by atoms with Crippen LogP contribution in [-0.4, -0.2) is 0 Å². The van der Waals surface area contributed by atoms with Crippen LogP contribution < -0.4 is 0 Å². The van der Waals surface area contributed by atoms with Gasteiger partial charge in [0.1, 0.15) is 22.3 Å². The van der Waals surface area contributed by atoms with E-state index >= 15 is 0 Å². The molecule has 6 rings (SSSR count). The predicted molar refractivity (Wildman–Crippen MR) is 125 cm³/mol. The molecule has 30 heavy (non-hydrogen) atoms. The van der Waals surface area contributed by atoms with Gasteiger partial charge in [0.05, 0.1) is 0 Å². The zero-order chi connectivity index (χ0) is 20.6. The SMILES string of the molecule is Cc1ccc2oc3c(C)c(-c4ccc5oc6c(C)cc(C)cc6c5c4)ccc3c2c1. The van der Waals surface area contributed by atoms with Gasteiger partial charge in [0.15, 0.2) is 0 Å². The van der Waals surface area contributed by atoms with E-state index in [0.29, 0.717) is 0 Å². The summed E-state index contributed by atoms with van der Waals surface area (Å²) in [5.41, 5.74) is 11.0. The van der Waals surface area contributed by atoms with Gasteiger partial charge in [-0.1, -0.05) is 29.8 Å². The molecule has 0 N–H and O–H groups in total. The Labute approximate surface area is 174 Å². The predicted octanol–water partition coefficient (Wildman–Crippen LogP) is 8.39. The monoisotopic (exact) mass is 390 g/mol. The molecule has 6 aromatic rings. The third-order valence-electron chi connectivity index (χ3n) is 6.25. The van der Waals surface area contributed by atoms with Crippen molar-refractivity contribution in [3.8, 4) is 11.1 Å². The fourth-order valence-corrected chi connectivity index (χ4v) is 4.80. The van der Waals surface area contributed by atoms with E-state index in [9.17, 15) is 0 Å². The number of aryl methyl sites for hydroxylation is 4. The molecule has 2 aromatic heterocycles. The molecule has 0 bridgehead atoms. The molecule has 4 aromatic carbocycles. The van der Waals surface area contributed by atoms with Crippen LogP contribution in [0.2, 0.25) is 0 Å². The minimum absolute atomic E-state index is 0.931. The number of hydrogen-bond acceptors (Lipinski definition) is 2. The Morgan fingerprint density at radius 1 is 0.533 bits per heavy atom. The highest BCUT2D eigenvalue weighted by molar-refractivity contribution is 6.09. The van der Waals surface area contributed by atoms with Crippen LogP contribution in [0.1, 0.15) is 22.3 Å². The van der Waals surface area contributed by atoms with Crippen molar-refractivity contribution in [2.45, 2.75) is 27.7 Å². The average Bonchev–Trinajstić information content (AvgIpc) is 3.27. The maximum absolute atomic E-state index is 6.26. The smallest absolute Gasteiger partial charge is 0.138 e. The molecule has 0 aliphatic heterocycles. The van der Waals surface area contributed by atoms with E-state index in [1.54, 1.807) is 0 Å². The normalized spacial score (nSPS) is 12.0. The van der Waals surface area contributed by atoms with Crippen molar-refractivity contribution in [3.63, 3.8) is 0 Å². The molecule has 0 aliphatic carbocycles. The van der Waals surface area contributed by atoms with Crippen LogP contribution >= 0.6 is 0 Å². The van der Waals surface area contributed by atoms with Gasteiger partial charge in [0, 0.05) is 27.1 Å². The molecule has 2 nitrogen and oxygen atoms in total. The molecule has 0 aliphatic rings. The minimum Gasteiger partial charge on any atom is -0.456 e. The van der Waals surface area contributed by atoms with Gasteiger partial charge >= 0.3 is 0 Å². The molecule has 0 fully saturated rings. The lowest BCUT2D eigenvalue weighted by Crippen LogP contribution is -1.84. The van der Waals surface area contributed by atoms with Crippen molar-refractivity contribution < 1.29 is 8.83 Å². The lowest BCUT2D eigenvalue weighted by molar-refractivity contribution is 0.665. The number of benzene rings is 4. The van der Waals surface area contributed by atoms with Crippen LogP contribution in [0.5, 0.6) is 0 Å². The molecule has 0 saturated heterocycles. The van der Waals surface area contributed by atoms with E-state index in [1.165, 1.54) is 49.5 Å². The quantitative estimate of drug-likeness (QED) is 0.282. The van der Waals surface area contributed by atoms with Crippen LogP contribution in [-0.2, 0) is 0 Å². The fourth-order valence-electron chi connectivity index (χ4n) is 4.80. The van der Waals surface area contributed by atoms with Gasteiger partial charge in [-0.3, -0.25) is 0 Å². The van der Waals surface area contributed by atoms with Gasteiger partial charge in [-0.05, 0) is 86.3 Å². The van der Waals surface area contributed by atoms with Gasteiger partial charge in [0.2, 0.25) is 0 Å². The summed E-state index contributed by atoms with van der Waals surface area (Å²) in [5.74, 6) is 0. The van der Waals surface area contributed by atoms with Crippen LogP contribution in [0.4, 0.5) is 0 Å². The van der Waals surface area contributed by atoms with Crippen LogP contribution in [0, 0.1) is 27.7 Å².